The summed E-state index contributed by atoms with van der Waals surface area (Å²) in [5, 5.41) is 4.61. The van der Waals surface area contributed by atoms with Gasteiger partial charge in [0.25, 0.3) is 0 Å². The van der Waals surface area contributed by atoms with Crippen LogP contribution in [-0.2, 0) is 0 Å². The Balaban J connectivity index is 2.24. The van der Waals surface area contributed by atoms with Gasteiger partial charge in [0.2, 0.25) is 0 Å². The molecule has 0 radical (unpaired) electrons. The standard InChI is InChI=1S/C13H22N4S/c1-5-14-12-11(4)13(16-8-15-12)17-6-9(2)18-10(3)7-17/h8-10H,5-7H2,1-4H3,(H,14,15,16). The molecule has 1 fully saturated rings. The Bertz CT molecular complexity index is 400. The molecule has 1 N–H and O–H groups in total. The minimum atomic E-state index is 0.658. The van der Waals surface area contributed by atoms with Gasteiger partial charge in [-0.15, -0.1) is 0 Å². The molecular weight excluding hydrogens is 244 g/mol. The molecule has 0 spiro atoms. The first kappa shape index (κ1) is 13.5. The molecule has 0 amide bonds. The van der Waals surface area contributed by atoms with Crippen LogP contribution < -0.4 is 10.2 Å². The molecule has 100 valence electrons. The molecular formula is C13H22N4S. The van der Waals surface area contributed by atoms with Gasteiger partial charge < -0.3 is 10.2 Å². The highest BCUT2D eigenvalue weighted by Gasteiger charge is 2.24. The smallest absolute Gasteiger partial charge is 0.137 e. The number of anilines is 2. The highest BCUT2D eigenvalue weighted by atomic mass is 32.2. The second kappa shape index (κ2) is 5.78. The monoisotopic (exact) mass is 266 g/mol. The highest BCUT2D eigenvalue weighted by molar-refractivity contribution is 8.00. The van der Waals surface area contributed by atoms with Crippen molar-refractivity contribution in [3.63, 3.8) is 0 Å². The second-order valence-corrected chi connectivity index (χ2v) is 6.75. The van der Waals surface area contributed by atoms with Crippen LogP contribution in [0.4, 0.5) is 11.6 Å². The molecule has 5 heteroatoms. The number of rotatable bonds is 3. The molecule has 0 saturated carbocycles. The van der Waals surface area contributed by atoms with Gasteiger partial charge in [-0.2, -0.15) is 11.8 Å². The summed E-state index contributed by atoms with van der Waals surface area (Å²) in [6.45, 7) is 11.8. The van der Waals surface area contributed by atoms with E-state index in [1.807, 2.05) is 0 Å². The zero-order valence-corrected chi connectivity index (χ0v) is 12.4. The zero-order valence-electron chi connectivity index (χ0n) is 11.6. The summed E-state index contributed by atoms with van der Waals surface area (Å²) in [6.07, 6.45) is 1.66. The van der Waals surface area contributed by atoms with E-state index in [1.165, 1.54) is 0 Å². The molecule has 2 rings (SSSR count). The number of nitrogens with one attached hydrogen (secondary N) is 1. The van der Waals surface area contributed by atoms with Gasteiger partial charge in [-0.3, -0.25) is 0 Å². The van der Waals surface area contributed by atoms with Crippen molar-refractivity contribution in [2.24, 2.45) is 0 Å². The van der Waals surface area contributed by atoms with Crippen molar-refractivity contribution in [2.45, 2.75) is 38.2 Å². The Hall–Kier alpha value is -0.970. The highest BCUT2D eigenvalue weighted by Crippen LogP contribution is 2.30. The van der Waals surface area contributed by atoms with Crippen molar-refractivity contribution in [1.29, 1.82) is 0 Å². The van der Waals surface area contributed by atoms with Gasteiger partial charge in [-0.1, -0.05) is 13.8 Å². The largest absolute Gasteiger partial charge is 0.370 e. The maximum Gasteiger partial charge on any atom is 0.137 e. The summed E-state index contributed by atoms with van der Waals surface area (Å²) in [7, 11) is 0. The van der Waals surface area contributed by atoms with Crippen LogP contribution in [0.1, 0.15) is 26.3 Å². The fraction of sp³-hybridized carbons (Fsp3) is 0.692. The molecule has 2 atom stereocenters. The van der Waals surface area contributed by atoms with Crippen LogP contribution in [0.15, 0.2) is 6.33 Å². The molecule has 0 aliphatic carbocycles. The SMILES string of the molecule is CCNc1ncnc(N2CC(C)SC(C)C2)c1C. The molecule has 1 aliphatic heterocycles. The van der Waals surface area contributed by atoms with Crippen molar-refractivity contribution >= 4 is 23.4 Å². The van der Waals surface area contributed by atoms with E-state index in [4.69, 9.17) is 0 Å². The topological polar surface area (TPSA) is 41.1 Å². The van der Waals surface area contributed by atoms with Gasteiger partial charge in [0.15, 0.2) is 0 Å². The maximum absolute atomic E-state index is 4.48. The fourth-order valence-corrected chi connectivity index (χ4v) is 3.78. The fourth-order valence-electron chi connectivity index (χ4n) is 2.46. The van der Waals surface area contributed by atoms with Crippen molar-refractivity contribution in [3.8, 4) is 0 Å². The summed E-state index contributed by atoms with van der Waals surface area (Å²) in [5.41, 5.74) is 1.16. The van der Waals surface area contributed by atoms with E-state index in [9.17, 15) is 0 Å². The third-order valence-electron chi connectivity index (χ3n) is 3.12. The van der Waals surface area contributed by atoms with E-state index >= 15 is 0 Å². The average molecular weight is 266 g/mol. The predicted molar refractivity (Wildman–Crippen MR) is 79.7 cm³/mol. The van der Waals surface area contributed by atoms with Crippen molar-refractivity contribution in [3.05, 3.63) is 11.9 Å². The van der Waals surface area contributed by atoms with E-state index in [-0.39, 0.29) is 0 Å². The second-order valence-electron chi connectivity index (χ2n) is 4.86. The number of hydrogen-bond donors (Lipinski definition) is 1. The molecule has 0 aromatic carbocycles. The van der Waals surface area contributed by atoms with Crippen LogP contribution in [0, 0.1) is 6.92 Å². The number of nitrogens with zero attached hydrogens (tertiary/aromatic N) is 3. The van der Waals surface area contributed by atoms with Gasteiger partial charge >= 0.3 is 0 Å². The summed E-state index contributed by atoms with van der Waals surface area (Å²) >= 11 is 2.06. The molecule has 2 heterocycles. The number of hydrogen-bond acceptors (Lipinski definition) is 5. The van der Waals surface area contributed by atoms with Crippen LogP contribution in [0.3, 0.4) is 0 Å². The lowest BCUT2D eigenvalue weighted by Crippen LogP contribution is -2.41. The molecule has 1 aromatic heterocycles. The summed E-state index contributed by atoms with van der Waals surface area (Å²) < 4.78 is 0. The van der Waals surface area contributed by atoms with Crippen molar-refractivity contribution < 1.29 is 0 Å². The Morgan fingerprint density at radius 2 is 2.00 bits per heavy atom. The van der Waals surface area contributed by atoms with Gasteiger partial charge in [-0.25, -0.2) is 9.97 Å². The van der Waals surface area contributed by atoms with Crippen LogP contribution >= 0.6 is 11.8 Å². The van der Waals surface area contributed by atoms with E-state index < -0.39 is 0 Å². The lowest BCUT2D eigenvalue weighted by atomic mass is 10.2. The van der Waals surface area contributed by atoms with E-state index in [2.05, 4.69) is 59.6 Å². The molecule has 2 unspecified atom stereocenters. The first-order valence-corrected chi connectivity index (χ1v) is 7.52. The minimum Gasteiger partial charge on any atom is -0.370 e. The van der Waals surface area contributed by atoms with Gasteiger partial charge in [0.1, 0.15) is 18.0 Å². The minimum absolute atomic E-state index is 0.658. The molecule has 18 heavy (non-hydrogen) atoms. The zero-order chi connectivity index (χ0) is 13.1. The van der Waals surface area contributed by atoms with Gasteiger partial charge in [-0.05, 0) is 13.8 Å². The Labute approximate surface area is 114 Å². The molecule has 1 aromatic rings. The molecule has 0 bridgehead atoms. The molecule has 4 nitrogen and oxygen atoms in total. The predicted octanol–water partition coefficient (Wildman–Crippen LogP) is 2.55. The van der Waals surface area contributed by atoms with Crippen LogP contribution in [0.2, 0.25) is 0 Å². The normalized spacial score (nSPS) is 24.1. The Kier molecular flexibility index (Phi) is 4.32. The quantitative estimate of drug-likeness (QED) is 0.910. The van der Waals surface area contributed by atoms with Crippen LogP contribution in [-0.4, -0.2) is 40.1 Å². The average Bonchev–Trinajstić information content (AvgIpc) is 2.31. The Morgan fingerprint density at radius 3 is 2.61 bits per heavy atom. The summed E-state index contributed by atoms with van der Waals surface area (Å²) in [4.78, 5) is 11.2. The lowest BCUT2D eigenvalue weighted by Gasteiger charge is -2.36. The molecule has 1 saturated heterocycles. The van der Waals surface area contributed by atoms with E-state index in [1.54, 1.807) is 6.33 Å². The van der Waals surface area contributed by atoms with Crippen LogP contribution in [0.5, 0.6) is 0 Å². The third-order valence-corrected chi connectivity index (χ3v) is 4.35. The first-order valence-electron chi connectivity index (χ1n) is 6.57. The first-order chi connectivity index (χ1) is 8.61. The Morgan fingerprint density at radius 1 is 1.33 bits per heavy atom. The number of thioether (sulfide) groups is 1. The lowest BCUT2D eigenvalue weighted by molar-refractivity contribution is 0.714. The van der Waals surface area contributed by atoms with Gasteiger partial charge in [0, 0.05) is 35.7 Å². The maximum atomic E-state index is 4.48. The summed E-state index contributed by atoms with van der Waals surface area (Å²) in [5.74, 6) is 2.04. The number of aromatic nitrogens is 2. The van der Waals surface area contributed by atoms with Gasteiger partial charge in [0.05, 0.1) is 0 Å². The van der Waals surface area contributed by atoms with E-state index in [0.29, 0.717) is 10.5 Å². The van der Waals surface area contributed by atoms with Crippen molar-refractivity contribution in [1.82, 2.24) is 9.97 Å². The molecule has 1 aliphatic rings. The van der Waals surface area contributed by atoms with Crippen LogP contribution in [0.25, 0.3) is 0 Å². The van der Waals surface area contributed by atoms with Crippen molar-refractivity contribution in [2.75, 3.05) is 29.9 Å². The third kappa shape index (κ3) is 2.88. The summed E-state index contributed by atoms with van der Waals surface area (Å²) in [6, 6.07) is 0. The van der Waals surface area contributed by atoms with E-state index in [0.717, 1.165) is 36.8 Å².